The number of fused-ring (bicyclic) bond motifs is 1. The Labute approximate surface area is 134 Å². The highest BCUT2D eigenvalue weighted by Gasteiger charge is 2.20. The first kappa shape index (κ1) is 15.3. The Morgan fingerprint density at radius 1 is 1.45 bits per heavy atom. The summed E-state index contributed by atoms with van der Waals surface area (Å²) in [7, 11) is 1.37. The molecule has 0 unspecified atom stereocenters. The molecule has 3 rings (SSSR count). The molecule has 0 bridgehead atoms. The largest absolute Gasteiger partial charge is 0.465 e. The van der Waals surface area contributed by atoms with Gasteiger partial charge in [0.25, 0.3) is 0 Å². The van der Waals surface area contributed by atoms with Gasteiger partial charge in [-0.3, -0.25) is 4.68 Å². The van der Waals surface area contributed by atoms with E-state index in [0.29, 0.717) is 16.5 Å². The third kappa shape index (κ3) is 2.96. The maximum absolute atomic E-state index is 12.0. The van der Waals surface area contributed by atoms with Gasteiger partial charge in [0.1, 0.15) is 5.56 Å². The number of nitrogens with zero attached hydrogens (tertiary/aromatic N) is 2. The molecule has 6 heteroatoms. The first-order valence-corrected chi connectivity index (χ1v) is 8.01. The number of rotatable bonds is 4. The number of aromatic nitrogens is 2. The van der Waals surface area contributed by atoms with Crippen LogP contribution in [-0.4, -0.2) is 35.9 Å². The van der Waals surface area contributed by atoms with Crippen LogP contribution >= 0.6 is 11.6 Å². The van der Waals surface area contributed by atoms with Crippen molar-refractivity contribution in [1.82, 2.24) is 15.1 Å². The van der Waals surface area contributed by atoms with Gasteiger partial charge in [0, 0.05) is 11.9 Å². The summed E-state index contributed by atoms with van der Waals surface area (Å²) in [5.74, 6) is 0.292. The second-order valence-electron chi connectivity index (χ2n) is 5.70. The molecule has 1 aromatic heterocycles. The number of nitrogens with one attached hydrogen (secondary N) is 1. The Kier molecular flexibility index (Phi) is 4.64. The summed E-state index contributed by atoms with van der Waals surface area (Å²) >= 11 is 6.20. The highest BCUT2D eigenvalue weighted by molar-refractivity contribution is 6.35. The molecule has 22 heavy (non-hydrogen) atoms. The van der Waals surface area contributed by atoms with Crippen LogP contribution in [0.25, 0.3) is 10.9 Å². The van der Waals surface area contributed by atoms with Crippen molar-refractivity contribution < 1.29 is 9.53 Å². The summed E-state index contributed by atoms with van der Waals surface area (Å²) < 4.78 is 6.76. The number of carbonyl (C=O) groups is 1. The standard InChI is InChI=1S/C16H20ClN3O2/c1-22-16(21)14-13(17)3-2-12-10-19-20(15(12)14)9-6-11-4-7-18-8-5-11/h2-3,10-11,18H,4-9H2,1H3. The molecule has 2 aromatic rings. The van der Waals surface area contributed by atoms with Crippen LogP contribution in [0.1, 0.15) is 29.6 Å². The Balaban J connectivity index is 1.89. The predicted octanol–water partition coefficient (Wildman–Crippen LogP) is 2.87. The number of halogens is 1. The van der Waals surface area contributed by atoms with Crippen molar-refractivity contribution >= 4 is 28.5 Å². The third-order valence-corrected chi connectivity index (χ3v) is 4.66. The van der Waals surface area contributed by atoms with E-state index in [-0.39, 0.29) is 0 Å². The molecule has 0 radical (unpaired) electrons. The fourth-order valence-corrected chi connectivity index (χ4v) is 3.33. The van der Waals surface area contributed by atoms with Crippen molar-refractivity contribution in [2.45, 2.75) is 25.8 Å². The van der Waals surface area contributed by atoms with Crippen LogP contribution in [0.3, 0.4) is 0 Å². The molecule has 0 saturated carbocycles. The first-order chi connectivity index (χ1) is 10.7. The quantitative estimate of drug-likeness (QED) is 0.880. The van der Waals surface area contributed by atoms with E-state index < -0.39 is 5.97 Å². The molecule has 1 aromatic carbocycles. The fourth-order valence-electron chi connectivity index (χ4n) is 3.10. The van der Waals surface area contributed by atoms with Crippen LogP contribution in [0, 0.1) is 5.92 Å². The summed E-state index contributed by atoms with van der Waals surface area (Å²) in [5.41, 5.74) is 1.18. The van der Waals surface area contributed by atoms with E-state index in [9.17, 15) is 4.79 Å². The number of hydrogen-bond donors (Lipinski definition) is 1. The summed E-state index contributed by atoms with van der Waals surface area (Å²) in [6.07, 6.45) is 5.24. The van der Waals surface area contributed by atoms with E-state index in [4.69, 9.17) is 16.3 Å². The lowest BCUT2D eigenvalue weighted by Crippen LogP contribution is -2.28. The van der Waals surface area contributed by atoms with Gasteiger partial charge < -0.3 is 10.1 Å². The molecular formula is C16H20ClN3O2. The molecule has 1 saturated heterocycles. The number of hydrogen-bond acceptors (Lipinski definition) is 4. The minimum Gasteiger partial charge on any atom is -0.465 e. The molecule has 0 amide bonds. The van der Waals surface area contributed by atoms with Crippen LogP contribution < -0.4 is 5.32 Å². The summed E-state index contributed by atoms with van der Waals surface area (Å²) in [6.45, 7) is 2.96. The number of piperidine rings is 1. The molecule has 1 aliphatic rings. The maximum atomic E-state index is 12.0. The van der Waals surface area contributed by atoms with E-state index >= 15 is 0 Å². The molecule has 1 N–H and O–H groups in total. The van der Waals surface area contributed by atoms with Crippen molar-refractivity contribution in [3.63, 3.8) is 0 Å². The van der Waals surface area contributed by atoms with Crippen LogP contribution in [0.2, 0.25) is 5.02 Å². The zero-order valence-electron chi connectivity index (χ0n) is 12.6. The molecule has 0 aliphatic carbocycles. The first-order valence-electron chi connectivity index (χ1n) is 7.63. The van der Waals surface area contributed by atoms with Gasteiger partial charge in [0.2, 0.25) is 0 Å². The van der Waals surface area contributed by atoms with E-state index in [0.717, 1.165) is 37.0 Å². The maximum Gasteiger partial charge on any atom is 0.341 e. The zero-order valence-corrected chi connectivity index (χ0v) is 13.4. The van der Waals surface area contributed by atoms with Gasteiger partial charge in [-0.15, -0.1) is 0 Å². The van der Waals surface area contributed by atoms with Gasteiger partial charge in [-0.25, -0.2) is 4.79 Å². The normalized spacial score (nSPS) is 16.1. The van der Waals surface area contributed by atoms with Crippen LogP contribution in [0.5, 0.6) is 0 Å². The van der Waals surface area contributed by atoms with Gasteiger partial charge >= 0.3 is 5.97 Å². The molecule has 1 fully saturated rings. The van der Waals surface area contributed by atoms with Gasteiger partial charge in [0.05, 0.1) is 23.8 Å². The fraction of sp³-hybridized carbons (Fsp3) is 0.500. The van der Waals surface area contributed by atoms with Gasteiger partial charge in [-0.2, -0.15) is 5.10 Å². The lowest BCUT2D eigenvalue weighted by molar-refractivity contribution is 0.0602. The molecule has 0 spiro atoms. The van der Waals surface area contributed by atoms with Crippen LogP contribution in [0.15, 0.2) is 18.3 Å². The molecule has 0 atom stereocenters. The lowest BCUT2D eigenvalue weighted by atomic mass is 9.95. The summed E-state index contributed by atoms with van der Waals surface area (Å²) in [6, 6.07) is 3.60. The lowest BCUT2D eigenvalue weighted by Gasteiger charge is -2.22. The van der Waals surface area contributed by atoms with Crippen molar-refractivity contribution in [1.29, 1.82) is 0 Å². The van der Waals surface area contributed by atoms with E-state index in [2.05, 4.69) is 10.4 Å². The number of benzene rings is 1. The Morgan fingerprint density at radius 3 is 2.95 bits per heavy atom. The minimum absolute atomic E-state index is 0.406. The number of methoxy groups -OCH3 is 1. The SMILES string of the molecule is COC(=O)c1c(Cl)ccc2cnn(CCC3CCNCC3)c12. The Hall–Kier alpha value is -1.59. The monoisotopic (exact) mass is 321 g/mol. The van der Waals surface area contributed by atoms with Crippen molar-refractivity contribution in [2.75, 3.05) is 20.2 Å². The van der Waals surface area contributed by atoms with Crippen molar-refractivity contribution in [3.05, 3.63) is 28.9 Å². The summed E-state index contributed by atoms with van der Waals surface area (Å²) in [5, 5.41) is 9.13. The topological polar surface area (TPSA) is 56.1 Å². The van der Waals surface area contributed by atoms with Crippen molar-refractivity contribution in [2.24, 2.45) is 5.92 Å². The van der Waals surface area contributed by atoms with Gasteiger partial charge in [-0.1, -0.05) is 11.6 Å². The van der Waals surface area contributed by atoms with Crippen molar-refractivity contribution in [3.8, 4) is 0 Å². The number of ether oxygens (including phenoxy) is 1. The van der Waals surface area contributed by atoms with E-state index in [1.807, 2.05) is 10.7 Å². The second-order valence-corrected chi connectivity index (χ2v) is 6.11. The summed E-state index contributed by atoms with van der Waals surface area (Å²) in [4.78, 5) is 12.0. The van der Waals surface area contributed by atoms with Gasteiger partial charge in [-0.05, 0) is 50.4 Å². The third-order valence-electron chi connectivity index (χ3n) is 4.35. The molecule has 118 valence electrons. The number of esters is 1. The second kappa shape index (κ2) is 6.67. The average molecular weight is 322 g/mol. The molecule has 2 heterocycles. The molecule has 1 aliphatic heterocycles. The Morgan fingerprint density at radius 2 is 2.23 bits per heavy atom. The highest BCUT2D eigenvalue weighted by Crippen LogP contribution is 2.28. The predicted molar refractivity (Wildman–Crippen MR) is 86.3 cm³/mol. The number of aryl methyl sites for hydroxylation is 1. The number of carbonyl (C=O) groups excluding carboxylic acids is 1. The zero-order chi connectivity index (χ0) is 15.5. The van der Waals surface area contributed by atoms with E-state index in [1.54, 1.807) is 12.3 Å². The minimum atomic E-state index is -0.417. The average Bonchev–Trinajstić information content (AvgIpc) is 2.96. The highest BCUT2D eigenvalue weighted by atomic mass is 35.5. The molecular weight excluding hydrogens is 302 g/mol. The Bertz CT molecular complexity index is 677. The van der Waals surface area contributed by atoms with Crippen LogP contribution in [0.4, 0.5) is 0 Å². The molecule has 5 nitrogen and oxygen atoms in total. The van der Waals surface area contributed by atoms with Gasteiger partial charge in [0.15, 0.2) is 0 Å². The van der Waals surface area contributed by atoms with Crippen LogP contribution in [-0.2, 0) is 11.3 Å². The smallest absolute Gasteiger partial charge is 0.341 e. The van der Waals surface area contributed by atoms with E-state index in [1.165, 1.54) is 20.0 Å².